The number of rotatable bonds is 2. The quantitative estimate of drug-likeness (QED) is 0.793. The third-order valence-corrected chi connectivity index (χ3v) is 2.56. The van der Waals surface area contributed by atoms with E-state index in [2.05, 4.69) is 5.32 Å². The Morgan fingerprint density at radius 2 is 2.25 bits per heavy atom. The van der Waals surface area contributed by atoms with Crippen molar-refractivity contribution in [1.29, 1.82) is 0 Å². The average Bonchev–Trinajstić information content (AvgIpc) is 2.65. The van der Waals surface area contributed by atoms with Gasteiger partial charge in [-0.3, -0.25) is 9.59 Å². The van der Waals surface area contributed by atoms with Crippen LogP contribution in [-0.2, 0) is 16.1 Å². The van der Waals surface area contributed by atoms with Crippen LogP contribution in [0.4, 0.5) is 0 Å². The van der Waals surface area contributed by atoms with E-state index in [1.807, 2.05) is 0 Å². The lowest BCUT2D eigenvalue weighted by molar-refractivity contribution is -0.148. The highest BCUT2D eigenvalue weighted by atomic mass is 16.3. The summed E-state index contributed by atoms with van der Waals surface area (Å²) in [5.41, 5.74) is 0.0675. The Kier molecular flexibility index (Phi) is 2.46. The summed E-state index contributed by atoms with van der Waals surface area (Å²) in [6, 6.07) is 1.78. The Bertz CT molecular complexity index is 409. The molecule has 1 aliphatic rings. The monoisotopic (exact) mass is 222 g/mol. The van der Waals surface area contributed by atoms with E-state index in [0.29, 0.717) is 6.54 Å². The number of hydrogen-bond acceptors (Lipinski definition) is 3. The summed E-state index contributed by atoms with van der Waals surface area (Å²) in [6.45, 7) is 3.92. The summed E-state index contributed by atoms with van der Waals surface area (Å²) in [4.78, 5) is 25.0. The molecule has 1 saturated heterocycles. The lowest BCUT2D eigenvalue weighted by atomic mass is 10.0. The number of furan rings is 1. The minimum absolute atomic E-state index is 0.0756. The van der Waals surface area contributed by atoms with Crippen molar-refractivity contribution in [3.05, 3.63) is 24.2 Å². The predicted molar refractivity (Wildman–Crippen MR) is 56.3 cm³/mol. The van der Waals surface area contributed by atoms with Crippen LogP contribution in [-0.4, -0.2) is 28.8 Å². The number of amides is 2. The molecule has 1 N–H and O–H groups in total. The van der Waals surface area contributed by atoms with Crippen LogP contribution in [0.5, 0.6) is 0 Å². The Hall–Kier alpha value is -1.78. The molecule has 0 aliphatic carbocycles. The van der Waals surface area contributed by atoms with Gasteiger partial charge in [0.1, 0.15) is 5.54 Å². The third kappa shape index (κ3) is 1.93. The third-order valence-electron chi connectivity index (χ3n) is 2.56. The van der Waals surface area contributed by atoms with Gasteiger partial charge < -0.3 is 14.6 Å². The van der Waals surface area contributed by atoms with Crippen molar-refractivity contribution < 1.29 is 14.0 Å². The lowest BCUT2D eigenvalue weighted by Gasteiger charge is -2.37. The molecule has 0 aromatic carbocycles. The fraction of sp³-hybridized carbons (Fsp3) is 0.455. The summed E-state index contributed by atoms with van der Waals surface area (Å²) in [5, 5.41) is 2.66. The van der Waals surface area contributed by atoms with Crippen LogP contribution in [0.2, 0.25) is 0 Å². The zero-order valence-electron chi connectivity index (χ0n) is 9.32. The fourth-order valence-electron chi connectivity index (χ4n) is 1.81. The van der Waals surface area contributed by atoms with E-state index in [9.17, 15) is 9.59 Å². The van der Waals surface area contributed by atoms with Gasteiger partial charge in [0.15, 0.2) is 0 Å². The molecule has 0 bridgehead atoms. The van der Waals surface area contributed by atoms with Gasteiger partial charge in [0, 0.05) is 12.1 Å². The highest BCUT2D eigenvalue weighted by molar-refractivity contribution is 5.97. The van der Waals surface area contributed by atoms with Crippen molar-refractivity contribution in [2.45, 2.75) is 25.9 Å². The molecule has 1 aromatic heterocycles. The van der Waals surface area contributed by atoms with E-state index in [1.54, 1.807) is 32.4 Å². The summed E-state index contributed by atoms with van der Waals surface area (Å²) in [5.74, 6) is -0.207. The first kappa shape index (κ1) is 10.7. The molecule has 2 amide bonds. The van der Waals surface area contributed by atoms with Gasteiger partial charge >= 0.3 is 0 Å². The number of nitrogens with zero attached hydrogens (tertiary/aromatic N) is 1. The molecule has 16 heavy (non-hydrogen) atoms. The molecule has 1 aromatic rings. The van der Waals surface area contributed by atoms with Crippen molar-refractivity contribution in [1.82, 2.24) is 10.2 Å². The Balaban J connectivity index is 2.14. The lowest BCUT2D eigenvalue weighted by Crippen LogP contribution is -2.63. The second-order valence-electron chi connectivity index (χ2n) is 4.47. The fourth-order valence-corrected chi connectivity index (χ4v) is 1.81. The first-order valence-corrected chi connectivity index (χ1v) is 5.10. The smallest absolute Gasteiger partial charge is 0.248 e. The maximum absolute atomic E-state index is 12.0. The van der Waals surface area contributed by atoms with Gasteiger partial charge in [-0.2, -0.15) is 0 Å². The van der Waals surface area contributed by atoms with Crippen molar-refractivity contribution >= 4 is 11.8 Å². The molecule has 1 aliphatic heterocycles. The topological polar surface area (TPSA) is 62.6 Å². The number of nitrogens with one attached hydrogen (secondary N) is 1. The molecule has 0 radical (unpaired) electrons. The number of carbonyl (C=O) groups excluding carboxylic acids is 2. The molecule has 1 fully saturated rings. The standard InChI is InChI=1S/C11H14N2O3/c1-11(2)10(15)13(6-9(14)12-11)5-8-3-4-16-7-8/h3-4,7H,5-6H2,1-2H3,(H,12,14). The molecule has 0 saturated carbocycles. The molecule has 2 rings (SSSR count). The molecular weight excluding hydrogens is 208 g/mol. The maximum Gasteiger partial charge on any atom is 0.248 e. The number of carbonyl (C=O) groups is 2. The Labute approximate surface area is 93.4 Å². The molecule has 5 heteroatoms. The summed E-state index contributed by atoms with van der Waals surface area (Å²) >= 11 is 0. The Morgan fingerprint density at radius 3 is 2.88 bits per heavy atom. The second-order valence-corrected chi connectivity index (χ2v) is 4.47. The van der Waals surface area contributed by atoms with Crippen LogP contribution in [0.25, 0.3) is 0 Å². The first-order valence-electron chi connectivity index (χ1n) is 5.10. The van der Waals surface area contributed by atoms with E-state index in [-0.39, 0.29) is 18.4 Å². The van der Waals surface area contributed by atoms with Gasteiger partial charge in [-0.05, 0) is 19.9 Å². The summed E-state index contributed by atoms with van der Waals surface area (Å²) in [7, 11) is 0. The van der Waals surface area contributed by atoms with Crippen molar-refractivity contribution in [2.75, 3.05) is 6.54 Å². The van der Waals surface area contributed by atoms with Crippen LogP contribution in [0.3, 0.4) is 0 Å². The largest absolute Gasteiger partial charge is 0.472 e. The zero-order valence-corrected chi connectivity index (χ0v) is 9.32. The average molecular weight is 222 g/mol. The van der Waals surface area contributed by atoms with E-state index in [4.69, 9.17) is 4.42 Å². The minimum Gasteiger partial charge on any atom is -0.472 e. The van der Waals surface area contributed by atoms with Crippen molar-refractivity contribution in [3.63, 3.8) is 0 Å². The highest BCUT2D eigenvalue weighted by Crippen LogP contribution is 2.16. The van der Waals surface area contributed by atoms with Gasteiger partial charge in [-0.1, -0.05) is 0 Å². The molecule has 0 atom stereocenters. The molecule has 5 nitrogen and oxygen atoms in total. The normalized spacial score (nSPS) is 19.8. The van der Waals surface area contributed by atoms with E-state index < -0.39 is 5.54 Å². The summed E-state index contributed by atoms with van der Waals surface area (Å²) in [6.07, 6.45) is 3.13. The second kappa shape index (κ2) is 3.66. The van der Waals surface area contributed by atoms with Crippen LogP contribution >= 0.6 is 0 Å². The van der Waals surface area contributed by atoms with Gasteiger partial charge in [0.05, 0.1) is 19.1 Å². The minimum atomic E-state index is -0.820. The molecule has 2 heterocycles. The van der Waals surface area contributed by atoms with Gasteiger partial charge in [0.25, 0.3) is 0 Å². The van der Waals surface area contributed by atoms with E-state index >= 15 is 0 Å². The Morgan fingerprint density at radius 1 is 1.50 bits per heavy atom. The van der Waals surface area contributed by atoms with Crippen molar-refractivity contribution in [3.8, 4) is 0 Å². The number of hydrogen-bond donors (Lipinski definition) is 1. The molecular formula is C11H14N2O3. The predicted octanol–water partition coefficient (Wildman–Crippen LogP) is 0.517. The molecule has 86 valence electrons. The van der Waals surface area contributed by atoms with E-state index in [1.165, 1.54) is 4.90 Å². The molecule has 0 spiro atoms. The number of piperazine rings is 1. The van der Waals surface area contributed by atoms with Gasteiger partial charge in [0.2, 0.25) is 11.8 Å². The highest BCUT2D eigenvalue weighted by Gasteiger charge is 2.38. The van der Waals surface area contributed by atoms with Gasteiger partial charge in [-0.25, -0.2) is 0 Å². The summed E-state index contributed by atoms with van der Waals surface area (Å²) < 4.78 is 4.93. The first-order chi connectivity index (χ1) is 7.49. The van der Waals surface area contributed by atoms with Crippen LogP contribution in [0.15, 0.2) is 23.0 Å². The molecule has 0 unspecified atom stereocenters. The van der Waals surface area contributed by atoms with Gasteiger partial charge in [-0.15, -0.1) is 0 Å². The van der Waals surface area contributed by atoms with E-state index in [0.717, 1.165) is 5.56 Å². The van der Waals surface area contributed by atoms with Crippen LogP contribution in [0.1, 0.15) is 19.4 Å². The maximum atomic E-state index is 12.0. The van der Waals surface area contributed by atoms with Crippen LogP contribution in [0, 0.1) is 0 Å². The zero-order chi connectivity index (χ0) is 11.8. The van der Waals surface area contributed by atoms with Crippen molar-refractivity contribution in [2.24, 2.45) is 0 Å². The SMILES string of the molecule is CC1(C)NC(=O)CN(Cc2ccoc2)C1=O. The van der Waals surface area contributed by atoms with Crippen LogP contribution < -0.4 is 5.32 Å².